The number of methoxy groups -OCH3 is 1. The Hall–Kier alpha value is -2.92. The summed E-state index contributed by atoms with van der Waals surface area (Å²) in [6.07, 6.45) is 0. The van der Waals surface area contributed by atoms with Crippen LogP contribution in [0, 0.1) is 6.92 Å². The molecule has 1 aromatic heterocycles. The minimum atomic E-state index is 0.593. The van der Waals surface area contributed by atoms with Gasteiger partial charge in [0.15, 0.2) is 0 Å². The molecule has 26 heavy (non-hydrogen) atoms. The molecule has 0 radical (unpaired) electrons. The van der Waals surface area contributed by atoms with Gasteiger partial charge in [0.2, 0.25) is 5.95 Å². The first-order chi connectivity index (χ1) is 12.7. The first-order valence-corrected chi connectivity index (χ1v) is 8.71. The fourth-order valence-electron chi connectivity index (χ4n) is 2.65. The summed E-state index contributed by atoms with van der Waals surface area (Å²) in [4.78, 5) is 9.21. The molecule has 5 heteroatoms. The molecular formula is C21H24N4O. The fourth-order valence-corrected chi connectivity index (χ4v) is 2.65. The van der Waals surface area contributed by atoms with Crippen LogP contribution in [0.25, 0.3) is 11.3 Å². The number of benzene rings is 2. The summed E-state index contributed by atoms with van der Waals surface area (Å²) in [5, 5.41) is 6.62. The molecule has 0 unspecified atom stereocenters. The molecule has 0 aliphatic heterocycles. The highest BCUT2D eigenvalue weighted by molar-refractivity contribution is 5.64. The van der Waals surface area contributed by atoms with Gasteiger partial charge in [-0.15, -0.1) is 0 Å². The topological polar surface area (TPSA) is 59.1 Å². The van der Waals surface area contributed by atoms with Gasteiger partial charge in [-0.25, -0.2) is 4.98 Å². The van der Waals surface area contributed by atoms with Crippen molar-refractivity contribution in [1.29, 1.82) is 0 Å². The Kier molecular flexibility index (Phi) is 6.17. The van der Waals surface area contributed by atoms with Crippen molar-refractivity contribution >= 4 is 11.8 Å². The number of hydrogen-bond acceptors (Lipinski definition) is 5. The van der Waals surface area contributed by atoms with Crippen LogP contribution in [0.5, 0.6) is 0 Å². The van der Waals surface area contributed by atoms with E-state index in [-0.39, 0.29) is 0 Å². The molecule has 5 nitrogen and oxygen atoms in total. The van der Waals surface area contributed by atoms with E-state index in [0.29, 0.717) is 25.6 Å². The molecule has 0 amide bonds. The summed E-state index contributed by atoms with van der Waals surface area (Å²) in [5.74, 6) is 1.38. The first-order valence-electron chi connectivity index (χ1n) is 8.71. The van der Waals surface area contributed by atoms with E-state index in [0.717, 1.165) is 17.1 Å². The van der Waals surface area contributed by atoms with Gasteiger partial charge in [0.1, 0.15) is 5.82 Å². The lowest BCUT2D eigenvalue weighted by Gasteiger charge is -2.12. The van der Waals surface area contributed by atoms with Crippen molar-refractivity contribution in [2.75, 3.05) is 30.9 Å². The van der Waals surface area contributed by atoms with E-state index in [4.69, 9.17) is 4.74 Å². The Balaban J connectivity index is 1.81. The fraction of sp³-hybridized carbons (Fsp3) is 0.238. The second kappa shape index (κ2) is 8.97. The van der Waals surface area contributed by atoms with Gasteiger partial charge in [-0.3, -0.25) is 0 Å². The van der Waals surface area contributed by atoms with Crippen molar-refractivity contribution in [2.24, 2.45) is 0 Å². The smallest absolute Gasteiger partial charge is 0.225 e. The third kappa shape index (κ3) is 5.04. The number of ether oxygens (including phenoxy) is 1. The lowest BCUT2D eigenvalue weighted by molar-refractivity contribution is 0.210. The van der Waals surface area contributed by atoms with Crippen LogP contribution < -0.4 is 10.6 Å². The van der Waals surface area contributed by atoms with Crippen LogP contribution in [0.2, 0.25) is 0 Å². The molecule has 0 spiro atoms. The van der Waals surface area contributed by atoms with Gasteiger partial charge in [-0.1, -0.05) is 60.2 Å². The first kappa shape index (κ1) is 17.9. The minimum Gasteiger partial charge on any atom is -0.383 e. The molecule has 0 fully saturated rings. The van der Waals surface area contributed by atoms with E-state index in [1.54, 1.807) is 7.11 Å². The highest BCUT2D eigenvalue weighted by Gasteiger charge is 2.07. The van der Waals surface area contributed by atoms with Crippen molar-refractivity contribution in [3.63, 3.8) is 0 Å². The van der Waals surface area contributed by atoms with Gasteiger partial charge in [-0.2, -0.15) is 4.98 Å². The van der Waals surface area contributed by atoms with Crippen molar-refractivity contribution in [3.8, 4) is 11.3 Å². The Bertz CT molecular complexity index is 836. The maximum absolute atomic E-state index is 5.09. The Labute approximate surface area is 154 Å². The second-order valence-corrected chi connectivity index (χ2v) is 6.09. The van der Waals surface area contributed by atoms with Gasteiger partial charge in [0.05, 0.1) is 12.3 Å². The van der Waals surface area contributed by atoms with Gasteiger partial charge >= 0.3 is 0 Å². The van der Waals surface area contributed by atoms with Crippen LogP contribution in [-0.2, 0) is 11.3 Å². The number of aryl methyl sites for hydroxylation is 1. The zero-order valence-electron chi connectivity index (χ0n) is 15.2. The third-order valence-electron chi connectivity index (χ3n) is 3.94. The SMILES string of the molecule is COCCNc1nc(NCc2cccc(C)c2)cc(-c2ccccc2)n1. The highest BCUT2D eigenvalue weighted by Crippen LogP contribution is 2.21. The lowest BCUT2D eigenvalue weighted by Crippen LogP contribution is -2.12. The van der Waals surface area contributed by atoms with Crippen LogP contribution in [0.15, 0.2) is 60.7 Å². The van der Waals surface area contributed by atoms with Gasteiger partial charge in [-0.05, 0) is 12.5 Å². The van der Waals surface area contributed by atoms with Crippen LogP contribution in [-0.4, -0.2) is 30.2 Å². The van der Waals surface area contributed by atoms with Crippen molar-refractivity contribution in [1.82, 2.24) is 9.97 Å². The summed E-state index contributed by atoms with van der Waals surface area (Å²) >= 11 is 0. The molecule has 0 saturated carbocycles. The molecule has 0 saturated heterocycles. The number of aromatic nitrogens is 2. The largest absolute Gasteiger partial charge is 0.383 e. The van der Waals surface area contributed by atoms with E-state index in [1.165, 1.54) is 11.1 Å². The van der Waals surface area contributed by atoms with Crippen LogP contribution >= 0.6 is 0 Å². The zero-order valence-corrected chi connectivity index (χ0v) is 15.2. The van der Waals surface area contributed by atoms with E-state index < -0.39 is 0 Å². The zero-order chi connectivity index (χ0) is 18.2. The molecule has 134 valence electrons. The molecule has 0 aliphatic rings. The van der Waals surface area contributed by atoms with E-state index in [9.17, 15) is 0 Å². The normalized spacial score (nSPS) is 10.5. The Morgan fingerprint density at radius 2 is 1.77 bits per heavy atom. The molecule has 2 N–H and O–H groups in total. The molecule has 3 aromatic rings. The summed E-state index contributed by atoms with van der Waals surface area (Å²) < 4.78 is 5.09. The molecular weight excluding hydrogens is 324 g/mol. The number of anilines is 2. The van der Waals surface area contributed by atoms with E-state index in [1.807, 2.05) is 36.4 Å². The molecule has 2 aromatic carbocycles. The van der Waals surface area contributed by atoms with Gasteiger partial charge in [0.25, 0.3) is 0 Å². The summed E-state index contributed by atoms with van der Waals surface area (Å²) in [5.41, 5.74) is 4.41. The monoisotopic (exact) mass is 348 g/mol. The van der Waals surface area contributed by atoms with Crippen LogP contribution in [0.3, 0.4) is 0 Å². The quantitative estimate of drug-likeness (QED) is 0.600. The Morgan fingerprint density at radius 1 is 0.923 bits per heavy atom. The number of nitrogens with one attached hydrogen (secondary N) is 2. The molecule has 0 bridgehead atoms. The average Bonchev–Trinajstić information content (AvgIpc) is 2.67. The molecule has 0 atom stereocenters. The van der Waals surface area contributed by atoms with Gasteiger partial charge < -0.3 is 15.4 Å². The maximum Gasteiger partial charge on any atom is 0.225 e. The number of nitrogens with zero attached hydrogens (tertiary/aromatic N) is 2. The summed E-state index contributed by atoms with van der Waals surface area (Å²) in [7, 11) is 1.68. The van der Waals surface area contributed by atoms with E-state index in [2.05, 4.69) is 51.8 Å². The summed E-state index contributed by atoms with van der Waals surface area (Å²) in [6, 6.07) is 20.5. The second-order valence-electron chi connectivity index (χ2n) is 6.09. The number of hydrogen-bond donors (Lipinski definition) is 2. The Morgan fingerprint density at radius 3 is 2.54 bits per heavy atom. The highest BCUT2D eigenvalue weighted by atomic mass is 16.5. The predicted molar refractivity (Wildman–Crippen MR) is 106 cm³/mol. The van der Waals surface area contributed by atoms with Crippen LogP contribution in [0.4, 0.5) is 11.8 Å². The van der Waals surface area contributed by atoms with Gasteiger partial charge in [0, 0.05) is 31.8 Å². The minimum absolute atomic E-state index is 0.593. The maximum atomic E-state index is 5.09. The third-order valence-corrected chi connectivity index (χ3v) is 3.94. The summed E-state index contributed by atoms with van der Waals surface area (Å²) in [6.45, 7) is 4.07. The predicted octanol–water partition coefficient (Wildman–Crippen LogP) is 4.12. The standard InChI is InChI=1S/C21H24N4O/c1-16-7-6-8-17(13-16)15-23-20-14-19(18-9-4-3-5-10-18)24-21(25-20)22-11-12-26-2/h3-10,13-14H,11-12,15H2,1-2H3,(H2,22,23,24,25). The molecule has 1 heterocycles. The average molecular weight is 348 g/mol. The van der Waals surface area contributed by atoms with Crippen LogP contribution in [0.1, 0.15) is 11.1 Å². The lowest BCUT2D eigenvalue weighted by atomic mass is 10.1. The van der Waals surface area contributed by atoms with Crippen molar-refractivity contribution in [2.45, 2.75) is 13.5 Å². The number of rotatable bonds is 8. The molecule has 0 aliphatic carbocycles. The van der Waals surface area contributed by atoms with Crippen molar-refractivity contribution < 1.29 is 4.74 Å². The van der Waals surface area contributed by atoms with E-state index >= 15 is 0 Å². The molecule has 3 rings (SSSR count). The van der Waals surface area contributed by atoms with Crippen molar-refractivity contribution in [3.05, 3.63) is 71.8 Å².